The summed E-state index contributed by atoms with van der Waals surface area (Å²) >= 11 is 0. The van der Waals surface area contributed by atoms with Crippen molar-refractivity contribution in [3.8, 4) is 0 Å². The van der Waals surface area contributed by atoms with Crippen molar-refractivity contribution >= 4 is 7.82 Å². The Hall–Kier alpha value is 0.110. The van der Waals surface area contributed by atoms with Gasteiger partial charge in [0.2, 0.25) is 0 Å². The summed E-state index contributed by atoms with van der Waals surface area (Å²) in [6.45, 7) is 10.1. The van der Waals surface area contributed by atoms with E-state index in [-0.39, 0.29) is 0 Å². The Morgan fingerprint density at radius 3 is 1.67 bits per heavy atom. The van der Waals surface area contributed by atoms with Crippen LogP contribution in [0.5, 0.6) is 0 Å². The summed E-state index contributed by atoms with van der Waals surface area (Å²) in [5.74, 6) is 0. The molecule has 92 valence electrons. The molecule has 0 atom stereocenters. The van der Waals surface area contributed by atoms with Gasteiger partial charge in [0.1, 0.15) is 0 Å². The van der Waals surface area contributed by atoms with E-state index in [9.17, 15) is 4.57 Å². The lowest BCUT2D eigenvalue weighted by molar-refractivity contribution is 0.0430. The van der Waals surface area contributed by atoms with Gasteiger partial charge in [-0.3, -0.25) is 13.6 Å². The molecule has 15 heavy (non-hydrogen) atoms. The number of phosphoric ester groups is 1. The quantitative estimate of drug-likeness (QED) is 0.633. The van der Waals surface area contributed by atoms with Crippen molar-refractivity contribution in [1.29, 1.82) is 0 Å². The van der Waals surface area contributed by atoms with Crippen molar-refractivity contribution in [3.05, 3.63) is 0 Å². The molecule has 0 aliphatic carbocycles. The maximum atomic E-state index is 12.1. The summed E-state index contributed by atoms with van der Waals surface area (Å²) < 4.78 is 27.8. The Morgan fingerprint density at radius 2 is 1.40 bits per heavy atom. The molecule has 0 aromatic rings. The highest BCUT2D eigenvalue weighted by Gasteiger charge is 2.32. The van der Waals surface area contributed by atoms with Crippen LogP contribution in [0.1, 0.15) is 47.5 Å². The number of hydrogen-bond donors (Lipinski definition) is 0. The third-order valence-electron chi connectivity index (χ3n) is 1.29. The lowest BCUT2D eigenvalue weighted by atomic mass is 10.2. The molecule has 0 amide bonds. The van der Waals surface area contributed by atoms with Gasteiger partial charge in [0, 0.05) is 0 Å². The highest BCUT2D eigenvalue weighted by atomic mass is 31.2. The predicted molar refractivity (Wildman–Crippen MR) is 60.9 cm³/mol. The van der Waals surface area contributed by atoms with Gasteiger partial charge in [0.15, 0.2) is 0 Å². The van der Waals surface area contributed by atoms with Crippen molar-refractivity contribution in [1.82, 2.24) is 0 Å². The molecule has 0 bridgehead atoms. The first kappa shape index (κ1) is 15.1. The van der Waals surface area contributed by atoms with Crippen molar-refractivity contribution in [2.75, 3.05) is 13.2 Å². The number of hydrogen-bond acceptors (Lipinski definition) is 4. The summed E-state index contributed by atoms with van der Waals surface area (Å²) in [6.07, 6.45) is 1.57. The van der Waals surface area contributed by atoms with Gasteiger partial charge in [0.05, 0.1) is 18.8 Å². The van der Waals surface area contributed by atoms with E-state index < -0.39 is 13.4 Å². The lowest BCUT2D eigenvalue weighted by Gasteiger charge is -2.25. The molecule has 0 spiro atoms. The van der Waals surface area contributed by atoms with Crippen LogP contribution < -0.4 is 0 Å². The smallest absolute Gasteiger partial charge is 0.287 e. The lowest BCUT2D eigenvalue weighted by Crippen LogP contribution is -2.19. The summed E-state index contributed by atoms with van der Waals surface area (Å²) in [7, 11) is -3.37. The number of phosphoric acid groups is 1. The van der Waals surface area contributed by atoms with Crippen molar-refractivity contribution in [2.24, 2.45) is 0 Å². The van der Waals surface area contributed by atoms with E-state index in [1.807, 2.05) is 34.6 Å². The first-order chi connectivity index (χ1) is 6.83. The van der Waals surface area contributed by atoms with Crippen LogP contribution in [-0.2, 0) is 18.1 Å². The molecule has 0 fully saturated rings. The van der Waals surface area contributed by atoms with E-state index in [1.54, 1.807) is 0 Å². The van der Waals surface area contributed by atoms with E-state index in [1.165, 1.54) is 0 Å². The molecule has 0 radical (unpaired) electrons. The predicted octanol–water partition coefficient (Wildman–Crippen LogP) is 3.76. The average Bonchev–Trinajstić information content (AvgIpc) is 2.09. The third kappa shape index (κ3) is 7.97. The van der Waals surface area contributed by atoms with Crippen molar-refractivity contribution < 1.29 is 18.1 Å². The van der Waals surface area contributed by atoms with E-state index in [2.05, 4.69) is 0 Å². The minimum absolute atomic E-state index is 0.386. The second kappa shape index (κ2) is 6.64. The molecule has 0 aliphatic heterocycles. The fraction of sp³-hybridized carbons (Fsp3) is 1.00. The fourth-order valence-electron chi connectivity index (χ4n) is 0.832. The second-order valence-corrected chi connectivity index (χ2v) is 5.91. The number of rotatable bonds is 7. The van der Waals surface area contributed by atoms with Crippen LogP contribution in [0.15, 0.2) is 0 Å². The van der Waals surface area contributed by atoms with Gasteiger partial charge >= 0.3 is 7.82 Å². The molecule has 0 heterocycles. The van der Waals surface area contributed by atoms with Crippen LogP contribution in [0.2, 0.25) is 0 Å². The molecule has 0 unspecified atom stereocenters. The minimum Gasteiger partial charge on any atom is -0.287 e. The van der Waals surface area contributed by atoms with Gasteiger partial charge in [0.25, 0.3) is 0 Å². The van der Waals surface area contributed by atoms with Crippen LogP contribution >= 0.6 is 7.82 Å². The Morgan fingerprint density at radius 1 is 1.00 bits per heavy atom. The zero-order chi connectivity index (χ0) is 11.9. The Bertz CT molecular complexity index is 198. The van der Waals surface area contributed by atoms with E-state index in [0.29, 0.717) is 13.2 Å². The van der Waals surface area contributed by atoms with Gasteiger partial charge in [-0.1, -0.05) is 13.8 Å². The molecule has 4 nitrogen and oxygen atoms in total. The normalized spacial score (nSPS) is 13.1. The van der Waals surface area contributed by atoms with Crippen molar-refractivity contribution in [2.45, 2.75) is 53.1 Å². The molecular formula is C10H23O4P. The van der Waals surface area contributed by atoms with Gasteiger partial charge < -0.3 is 0 Å². The Balaban J connectivity index is 4.34. The SMILES string of the molecule is CCCOP(=O)(OCCC)OC(C)(C)C. The topological polar surface area (TPSA) is 44.8 Å². The monoisotopic (exact) mass is 238 g/mol. The van der Waals surface area contributed by atoms with Gasteiger partial charge in [-0.2, -0.15) is 0 Å². The summed E-state index contributed by atoms with van der Waals surface area (Å²) in [6, 6.07) is 0. The van der Waals surface area contributed by atoms with E-state index in [4.69, 9.17) is 13.6 Å². The fourth-order valence-corrected chi connectivity index (χ4v) is 2.49. The van der Waals surface area contributed by atoms with Crippen LogP contribution in [0.4, 0.5) is 0 Å². The maximum Gasteiger partial charge on any atom is 0.475 e. The zero-order valence-electron chi connectivity index (χ0n) is 10.4. The minimum atomic E-state index is -3.37. The first-order valence-corrected chi connectivity index (χ1v) is 6.89. The zero-order valence-corrected chi connectivity index (χ0v) is 11.3. The molecule has 0 saturated carbocycles. The molecule has 5 heteroatoms. The Labute approximate surface area is 92.9 Å². The van der Waals surface area contributed by atoms with Gasteiger partial charge in [-0.05, 0) is 33.6 Å². The van der Waals surface area contributed by atoms with E-state index in [0.717, 1.165) is 12.8 Å². The highest BCUT2D eigenvalue weighted by Crippen LogP contribution is 2.52. The standard InChI is InChI=1S/C10H23O4P/c1-6-8-12-15(11,13-9-7-2)14-10(3,4)5/h6-9H2,1-5H3. The molecule has 0 aromatic carbocycles. The molecular weight excluding hydrogens is 215 g/mol. The first-order valence-electron chi connectivity index (χ1n) is 5.43. The van der Waals surface area contributed by atoms with Crippen LogP contribution in [0, 0.1) is 0 Å². The third-order valence-corrected chi connectivity index (χ3v) is 3.06. The van der Waals surface area contributed by atoms with Gasteiger partial charge in [-0.25, -0.2) is 4.57 Å². The van der Waals surface area contributed by atoms with Crippen LogP contribution in [0.3, 0.4) is 0 Å². The highest BCUT2D eigenvalue weighted by molar-refractivity contribution is 7.48. The van der Waals surface area contributed by atoms with Gasteiger partial charge in [-0.15, -0.1) is 0 Å². The Kier molecular flexibility index (Phi) is 6.69. The molecule has 0 aromatic heterocycles. The molecule has 0 aliphatic rings. The molecule has 0 saturated heterocycles. The second-order valence-electron chi connectivity index (χ2n) is 4.32. The average molecular weight is 238 g/mol. The summed E-state index contributed by atoms with van der Waals surface area (Å²) in [4.78, 5) is 0. The van der Waals surface area contributed by atoms with Crippen LogP contribution in [0.25, 0.3) is 0 Å². The van der Waals surface area contributed by atoms with Crippen molar-refractivity contribution in [3.63, 3.8) is 0 Å². The molecule has 0 rings (SSSR count). The summed E-state index contributed by atoms with van der Waals surface area (Å²) in [5, 5.41) is 0. The summed E-state index contributed by atoms with van der Waals surface area (Å²) in [5.41, 5.74) is -0.531. The van der Waals surface area contributed by atoms with Crippen LogP contribution in [-0.4, -0.2) is 18.8 Å². The molecule has 0 N–H and O–H groups in total. The largest absolute Gasteiger partial charge is 0.475 e. The maximum absolute atomic E-state index is 12.1. The van der Waals surface area contributed by atoms with E-state index >= 15 is 0 Å².